The van der Waals surface area contributed by atoms with Crippen LogP contribution in [-0.2, 0) is 0 Å². The highest BCUT2D eigenvalue weighted by Gasteiger charge is 2.22. The molecule has 0 amide bonds. The van der Waals surface area contributed by atoms with E-state index >= 15 is 0 Å². The summed E-state index contributed by atoms with van der Waals surface area (Å²) in [6.45, 7) is 11.9. The van der Waals surface area contributed by atoms with E-state index in [9.17, 15) is 15.3 Å². The second-order valence-electron chi connectivity index (χ2n) is 7.84. The zero-order valence-electron chi connectivity index (χ0n) is 15.1. The third-order valence-corrected chi connectivity index (χ3v) is 4.76. The van der Waals surface area contributed by atoms with E-state index < -0.39 is 17.3 Å². The van der Waals surface area contributed by atoms with Gasteiger partial charge in [0, 0.05) is 0 Å². The van der Waals surface area contributed by atoms with E-state index in [2.05, 4.69) is 26.5 Å². The SMILES string of the molecule is C=C1CCC(C(C)C)C=CC(C)(O)CC=CC(C)(O)CCC1O. The molecule has 1 rings (SSSR count). The molecule has 0 bridgehead atoms. The van der Waals surface area contributed by atoms with Gasteiger partial charge >= 0.3 is 0 Å². The first-order chi connectivity index (χ1) is 10.5. The summed E-state index contributed by atoms with van der Waals surface area (Å²) in [7, 11) is 0. The van der Waals surface area contributed by atoms with E-state index in [1.165, 1.54) is 0 Å². The first-order valence-electron chi connectivity index (χ1n) is 8.70. The molecule has 0 aromatic heterocycles. The van der Waals surface area contributed by atoms with Crippen molar-refractivity contribution < 1.29 is 15.3 Å². The van der Waals surface area contributed by atoms with Crippen LogP contribution in [0.3, 0.4) is 0 Å². The van der Waals surface area contributed by atoms with Gasteiger partial charge in [-0.05, 0) is 63.4 Å². The van der Waals surface area contributed by atoms with Crippen LogP contribution in [-0.4, -0.2) is 32.6 Å². The first-order valence-corrected chi connectivity index (χ1v) is 8.70. The Kier molecular flexibility index (Phi) is 7.25. The molecular formula is C20H34O3. The topological polar surface area (TPSA) is 60.7 Å². The Hall–Kier alpha value is -0.900. The van der Waals surface area contributed by atoms with Gasteiger partial charge in [-0.2, -0.15) is 0 Å². The van der Waals surface area contributed by atoms with Gasteiger partial charge in [0.25, 0.3) is 0 Å². The normalized spacial score (nSPS) is 37.8. The molecule has 0 saturated heterocycles. The number of hydrogen-bond donors (Lipinski definition) is 3. The summed E-state index contributed by atoms with van der Waals surface area (Å²) < 4.78 is 0. The molecule has 0 radical (unpaired) electrons. The minimum Gasteiger partial charge on any atom is -0.389 e. The van der Waals surface area contributed by atoms with Crippen molar-refractivity contribution in [3.63, 3.8) is 0 Å². The highest BCUT2D eigenvalue weighted by molar-refractivity contribution is 5.10. The van der Waals surface area contributed by atoms with Crippen molar-refractivity contribution in [2.75, 3.05) is 0 Å². The lowest BCUT2D eigenvalue weighted by atomic mass is 9.85. The van der Waals surface area contributed by atoms with E-state index in [4.69, 9.17) is 0 Å². The Bertz CT molecular complexity index is 444. The molecule has 4 unspecified atom stereocenters. The minimum atomic E-state index is -0.981. The summed E-state index contributed by atoms with van der Waals surface area (Å²) in [5.74, 6) is 0.816. The van der Waals surface area contributed by atoms with Crippen LogP contribution < -0.4 is 0 Å². The van der Waals surface area contributed by atoms with Crippen LogP contribution in [0.1, 0.15) is 59.8 Å². The summed E-state index contributed by atoms with van der Waals surface area (Å²) in [5.41, 5.74) is -1.07. The van der Waals surface area contributed by atoms with Gasteiger partial charge in [0.2, 0.25) is 0 Å². The van der Waals surface area contributed by atoms with Gasteiger partial charge in [-0.15, -0.1) is 0 Å². The lowest BCUT2D eigenvalue weighted by Gasteiger charge is -2.25. The van der Waals surface area contributed by atoms with Gasteiger partial charge in [-0.1, -0.05) is 44.7 Å². The van der Waals surface area contributed by atoms with E-state index in [0.717, 1.165) is 18.4 Å². The van der Waals surface area contributed by atoms with E-state index in [-0.39, 0.29) is 0 Å². The van der Waals surface area contributed by atoms with E-state index in [0.29, 0.717) is 31.1 Å². The lowest BCUT2D eigenvalue weighted by Crippen LogP contribution is -2.25. The number of rotatable bonds is 1. The van der Waals surface area contributed by atoms with Gasteiger partial charge in [-0.3, -0.25) is 0 Å². The van der Waals surface area contributed by atoms with Crippen LogP contribution in [0.2, 0.25) is 0 Å². The van der Waals surface area contributed by atoms with Gasteiger partial charge in [0.15, 0.2) is 0 Å². The predicted molar refractivity (Wildman–Crippen MR) is 96.1 cm³/mol. The molecule has 3 N–H and O–H groups in total. The van der Waals surface area contributed by atoms with E-state index in [1.54, 1.807) is 19.9 Å². The molecule has 0 fully saturated rings. The Morgan fingerprint density at radius 3 is 2.39 bits per heavy atom. The summed E-state index contributed by atoms with van der Waals surface area (Å²) in [5, 5.41) is 31.1. The van der Waals surface area contributed by atoms with Gasteiger partial charge < -0.3 is 15.3 Å². The maximum atomic E-state index is 10.5. The van der Waals surface area contributed by atoms with Crippen molar-refractivity contribution in [1.29, 1.82) is 0 Å². The molecule has 1 aliphatic rings. The fourth-order valence-corrected chi connectivity index (χ4v) is 2.84. The molecule has 23 heavy (non-hydrogen) atoms. The van der Waals surface area contributed by atoms with Gasteiger partial charge in [0.1, 0.15) is 0 Å². The maximum absolute atomic E-state index is 10.5. The Morgan fingerprint density at radius 1 is 1.13 bits per heavy atom. The van der Waals surface area contributed by atoms with Gasteiger partial charge in [0.05, 0.1) is 17.3 Å². The van der Waals surface area contributed by atoms with Crippen molar-refractivity contribution in [2.45, 2.75) is 77.1 Å². The second-order valence-corrected chi connectivity index (χ2v) is 7.84. The fourth-order valence-electron chi connectivity index (χ4n) is 2.84. The highest BCUT2D eigenvalue weighted by Crippen LogP contribution is 2.27. The van der Waals surface area contributed by atoms with Crippen LogP contribution in [0.15, 0.2) is 36.5 Å². The average molecular weight is 322 g/mol. The molecule has 132 valence electrons. The molecule has 0 heterocycles. The summed E-state index contributed by atoms with van der Waals surface area (Å²) in [6, 6.07) is 0. The number of aliphatic hydroxyl groups excluding tert-OH is 1. The average Bonchev–Trinajstić information content (AvgIpc) is 2.42. The van der Waals surface area contributed by atoms with Crippen molar-refractivity contribution in [2.24, 2.45) is 11.8 Å². The van der Waals surface area contributed by atoms with Crippen LogP contribution in [0.25, 0.3) is 0 Å². The molecule has 0 spiro atoms. The minimum absolute atomic E-state index is 0.348. The van der Waals surface area contributed by atoms with Crippen LogP contribution in [0.5, 0.6) is 0 Å². The van der Waals surface area contributed by atoms with Crippen molar-refractivity contribution in [3.05, 3.63) is 36.5 Å². The molecule has 0 saturated carbocycles. The molecule has 0 aromatic rings. The first kappa shape index (κ1) is 20.1. The van der Waals surface area contributed by atoms with Crippen LogP contribution in [0.4, 0.5) is 0 Å². The molecule has 3 heteroatoms. The van der Waals surface area contributed by atoms with Gasteiger partial charge in [-0.25, -0.2) is 0 Å². The molecule has 3 nitrogen and oxygen atoms in total. The van der Waals surface area contributed by atoms with Crippen LogP contribution >= 0.6 is 0 Å². The molecular weight excluding hydrogens is 288 g/mol. The molecule has 1 aliphatic carbocycles. The predicted octanol–water partition coefficient (Wildman–Crippen LogP) is 3.75. The Morgan fingerprint density at radius 2 is 1.78 bits per heavy atom. The molecule has 0 aromatic carbocycles. The highest BCUT2D eigenvalue weighted by atomic mass is 16.3. The third kappa shape index (κ3) is 7.47. The quantitative estimate of drug-likeness (QED) is 0.644. The standard InChI is InChI=1S/C20H34O3/c1-15(2)17-8-7-16(3)18(21)10-14-20(5,23)12-6-11-19(4,22)13-9-17/h6,9,12-13,15,17-18,21-23H,3,7-8,10-11,14H2,1-2,4-5H3. The third-order valence-electron chi connectivity index (χ3n) is 4.76. The van der Waals surface area contributed by atoms with Crippen molar-refractivity contribution >= 4 is 0 Å². The monoisotopic (exact) mass is 322 g/mol. The summed E-state index contributed by atoms with van der Waals surface area (Å²) in [6.07, 6.45) is 10.0. The smallest absolute Gasteiger partial charge is 0.0834 e. The Balaban J connectivity index is 2.98. The molecule has 0 aliphatic heterocycles. The van der Waals surface area contributed by atoms with Crippen LogP contribution in [0, 0.1) is 11.8 Å². The summed E-state index contributed by atoms with van der Waals surface area (Å²) >= 11 is 0. The maximum Gasteiger partial charge on any atom is 0.0834 e. The zero-order valence-corrected chi connectivity index (χ0v) is 15.1. The largest absolute Gasteiger partial charge is 0.389 e. The number of hydrogen-bond acceptors (Lipinski definition) is 3. The van der Waals surface area contributed by atoms with Crippen molar-refractivity contribution in [1.82, 2.24) is 0 Å². The summed E-state index contributed by atoms with van der Waals surface area (Å²) in [4.78, 5) is 0. The molecule has 4 atom stereocenters. The second kappa shape index (κ2) is 8.27. The number of aliphatic hydroxyl groups is 3. The Labute approximate surface area is 141 Å². The van der Waals surface area contributed by atoms with E-state index in [1.807, 2.05) is 12.2 Å². The number of allylic oxidation sites excluding steroid dienone is 1. The van der Waals surface area contributed by atoms with Crippen molar-refractivity contribution in [3.8, 4) is 0 Å². The lowest BCUT2D eigenvalue weighted by molar-refractivity contribution is 0.0780. The fraction of sp³-hybridized carbons (Fsp3) is 0.700. The zero-order chi connectivity index (χ0) is 17.7.